The molecule has 0 aromatic heterocycles. The monoisotopic (exact) mass is 238 g/mol. The number of hydrogen-bond acceptors (Lipinski definition) is 2. The summed E-state index contributed by atoms with van der Waals surface area (Å²) in [5, 5.41) is 0.823. The second kappa shape index (κ2) is 4.64. The lowest BCUT2D eigenvalue weighted by atomic mass is 10.1. The van der Waals surface area contributed by atoms with Gasteiger partial charge in [0.2, 0.25) is 0 Å². The summed E-state index contributed by atoms with van der Waals surface area (Å²) in [5.74, 6) is 0. The van der Waals surface area contributed by atoms with Gasteiger partial charge in [0.15, 0.2) is 0 Å². The lowest BCUT2D eigenvalue weighted by Gasteiger charge is -2.24. The SMILES string of the molecule is CCN(c1ccc([C@H](C)N)cc1Cl)C1CC1. The molecule has 88 valence electrons. The maximum atomic E-state index is 6.32. The van der Waals surface area contributed by atoms with Crippen LogP contribution < -0.4 is 10.6 Å². The zero-order chi connectivity index (χ0) is 11.7. The van der Waals surface area contributed by atoms with Crippen LogP contribution in [0.2, 0.25) is 5.02 Å². The van der Waals surface area contributed by atoms with E-state index in [9.17, 15) is 0 Å². The lowest BCUT2D eigenvalue weighted by Crippen LogP contribution is -2.25. The van der Waals surface area contributed by atoms with E-state index in [1.807, 2.05) is 13.0 Å². The van der Waals surface area contributed by atoms with Gasteiger partial charge in [0.25, 0.3) is 0 Å². The summed E-state index contributed by atoms with van der Waals surface area (Å²) in [6.07, 6.45) is 2.58. The van der Waals surface area contributed by atoms with Crippen molar-refractivity contribution in [2.24, 2.45) is 5.73 Å². The number of anilines is 1. The highest BCUT2D eigenvalue weighted by Gasteiger charge is 2.29. The smallest absolute Gasteiger partial charge is 0.0642 e. The van der Waals surface area contributed by atoms with Crippen molar-refractivity contribution in [3.63, 3.8) is 0 Å². The van der Waals surface area contributed by atoms with Gasteiger partial charge in [0.05, 0.1) is 10.7 Å². The molecule has 2 N–H and O–H groups in total. The molecule has 0 heterocycles. The van der Waals surface area contributed by atoms with Gasteiger partial charge in [-0.25, -0.2) is 0 Å². The average molecular weight is 239 g/mol. The van der Waals surface area contributed by atoms with Gasteiger partial charge in [-0.2, -0.15) is 0 Å². The van der Waals surface area contributed by atoms with Crippen LogP contribution >= 0.6 is 11.6 Å². The first kappa shape index (κ1) is 11.7. The van der Waals surface area contributed by atoms with E-state index in [4.69, 9.17) is 17.3 Å². The summed E-state index contributed by atoms with van der Waals surface area (Å²) in [7, 11) is 0. The van der Waals surface area contributed by atoms with Crippen molar-refractivity contribution in [2.45, 2.75) is 38.8 Å². The number of halogens is 1. The first-order chi connectivity index (χ1) is 7.63. The standard InChI is InChI=1S/C13H19ClN2/c1-3-16(11-5-6-11)13-7-4-10(9(2)15)8-12(13)14/h4,7-9,11H,3,5-6,15H2,1-2H3/t9-/m0/s1. The summed E-state index contributed by atoms with van der Waals surface area (Å²) in [6.45, 7) is 5.17. The van der Waals surface area contributed by atoms with Gasteiger partial charge in [-0.3, -0.25) is 0 Å². The molecule has 1 aliphatic carbocycles. The normalized spacial score (nSPS) is 17.2. The van der Waals surface area contributed by atoms with Crippen molar-refractivity contribution in [1.29, 1.82) is 0 Å². The number of benzene rings is 1. The first-order valence-electron chi connectivity index (χ1n) is 5.95. The fourth-order valence-corrected chi connectivity index (χ4v) is 2.35. The Balaban J connectivity index is 2.27. The molecule has 0 unspecified atom stereocenters. The van der Waals surface area contributed by atoms with Gasteiger partial charge in [-0.05, 0) is 44.4 Å². The minimum Gasteiger partial charge on any atom is -0.368 e. The Morgan fingerprint density at radius 2 is 2.19 bits per heavy atom. The molecule has 3 heteroatoms. The van der Waals surface area contributed by atoms with E-state index in [1.165, 1.54) is 12.8 Å². The van der Waals surface area contributed by atoms with Crippen molar-refractivity contribution < 1.29 is 0 Å². The van der Waals surface area contributed by atoms with Crippen LogP contribution in [0.25, 0.3) is 0 Å². The van der Waals surface area contributed by atoms with Crippen molar-refractivity contribution in [3.05, 3.63) is 28.8 Å². The minimum atomic E-state index is 0.0440. The highest BCUT2D eigenvalue weighted by Crippen LogP contribution is 2.36. The molecule has 1 fully saturated rings. The molecule has 16 heavy (non-hydrogen) atoms. The molecule has 1 aromatic rings. The lowest BCUT2D eigenvalue weighted by molar-refractivity contribution is 0.809. The maximum absolute atomic E-state index is 6.32. The molecule has 1 aromatic carbocycles. The Morgan fingerprint density at radius 3 is 2.62 bits per heavy atom. The predicted molar refractivity (Wildman–Crippen MR) is 70.1 cm³/mol. The van der Waals surface area contributed by atoms with E-state index >= 15 is 0 Å². The van der Waals surface area contributed by atoms with E-state index < -0.39 is 0 Å². The van der Waals surface area contributed by atoms with Crippen LogP contribution in [-0.2, 0) is 0 Å². The Labute approximate surface area is 102 Å². The Hall–Kier alpha value is -0.730. The van der Waals surface area contributed by atoms with Gasteiger partial charge in [-0.15, -0.1) is 0 Å². The second-order valence-electron chi connectivity index (χ2n) is 4.52. The van der Waals surface area contributed by atoms with E-state index in [0.29, 0.717) is 6.04 Å². The van der Waals surface area contributed by atoms with Crippen LogP contribution in [0.5, 0.6) is 0 Å². The Bertz CT molecular complexity index is 372. The van der Waals surface area contributed by atoms with Crippen LogP contribution in [0.4, 0.5) is 5.69 Å². The zero-order valence-corrected chi connectivity index (χ0v) is 10.7. The summed E-state index contributed by atoms with van der Waals surface area (Å²) in [4.78, 5) is 2.38. The molecule has 0 saturated heterocycles. The first-order valence-corrected chi connectivity index (χ1v) is 6.33. The highest BCUT2D eigenvalue weighted by atomic mass is 35.5. The van der Waals surface area contributed by atoms with Crippen LogP contribution in [-0.4, -0.2) is 12.6 Å². The molecule has 1 saturated carbocycles. The van der Waals surface area contributed by atoms with E-state index in [-0.39, 0.29) is 6.04 Å². The predicted octanol–water partition coefficient (Wildman–Crippen LogP) is 3.35. The van der Waals surface area contributed by atoms with Gasteiger partial charge >= 0.3 is 0 Å². The fourth-order valence-electron chi connectivity index (χ4n) is 2.05. The summed E-state index contributed by atoms with van der Waals surface area (Å²) < 4.78 is 0. The van der Waals surface area contributed by atoms with Crippen molar-refractivity contribution in [2.75, 3.05) is 11.4 Å². The van der Waals surface area contributed by atoms with Crippen molar-refractivity contribution in [3.8, 4) is 0 Å². The van der Waals surface area contributed by atoms with Gasteiger partial charge in [0.1, 0.15) is 0 Å². The topological polar surface area (TPSA) is 29.3 Å². The largest absolute Gasteiger partial charge is 0.368 e. The Kier molecular flexibility index (Phi) is 3.41. The molecule has 0 aliphatic heterocycles. The second-order valence-corrected chi connectivity index (χ2v) is 4.92. The molecular formula is C13H19ClN2. The third kappa shape index (κ3) is 2.33. The number of nitrogens with zero attached hydrogens (tertiary/aromatic N) is 1. The van der Waals surface area contributed by atoms with E-state index in [1.54, 1.807) is 0 Å². The molecule has 1 atom stereocenters. The fraction of sp³-hybridized carbons (Fsp3) is 0.538. The average Bonchev–Trinajstić information content (AvgIpc) is 3.05. The molecule has 0 radical (unpaired) electrons. The van der Waals surface area contributed by atoms with Gasteiger partial charge in [0, 0.05) is 18.6 Å². The zero-order valence-electron chi connectivity index (χ0n) is 9.91. The summed E-state index contributed by atoms with van der Waals surface area (Å²) in [6, 6.07) is 6.91. The van der Waals surface area contributed by atoms with Crippen LogP contribution in [0.15, 0.2) is 18.2 Å². The van der Waals surface area contributed by atoms with E-state index in [0.717, 1.165) is 22.8 Å². The molecule has 2 nitrogen and oxygen atoms in total. The van der Waals surface area contributed by atoms with E-state index in [2.05, 4.69) is 24.0 Å². The van der Waals surface area contributed by atoms with Crippen molar-refractivity contribution >= 4 is 17.3 Å². The van der Waals surface area contributed by atoms with Gasteiger partial charge in [-0.1, -0.05) is 17.7 Å². The van der Waals surface area contributed by atoms with Crippen molar-refractivity contribution in [1.82, 2.24) is 0 Å². The minimum absolute atomic E-state index is 0.0440. The van der Waals surface area contributed by atoms with Gasteiger partial charge < -0.3 is 10.6 Å². The summed E-state index contributed by atoms with van der Waals surface area (Å²) >= 11 is 6.32. The van der Waals surface area contributed by atoms with Crippen LogP contribution in [0.3, 0.4) is 0 Å². The van der Waals surface area contributed by atoms with Crippen LogP contribution in [0.1, 0.15) is 38.3 Å². The molecule has 0 bridgehead atoms. The van der Waals surface area contributed by atoms with Crippen LogP contribution in [0, 0.1) is 0 Å². The third-order valence-electron chi connectivity index (χ3n) is 3.14. The molecule has 1 aliphatic rings. The highest BCUT2D eigenvalue weighted by molar-refractivity contribution is 6.33. The summed E-state index contributed by atoms with van der Waals surface area (Å²) in [5.41, 5.74) is 8.09. The quantitative estimate of drug-likeness (QED) is 0.872. The number of nitrogens with two attached hydrogens (primary N) is 1. The molecule has 0 amide bonds. The molecule has 2 rings (SSSR count). The molecular weight excluding hydrogens is 220 g/mol. The number of hydrogen-bond donors (Lipinski definition) is 1. The molecule has 0 spiro atoms. The third-order valence-corrected chi connectivity index (χ3v) is 3.44. The Morgan fingerprint density at radius 1 is 1.50 bits per heavy atom. The maximum Gasteiger partial charge on any atom is 0.0642 e. The number of rotatable bonds is 4.